The Bertz CT molecular complexity index is 888. The van der Waals surface area contributed by atoms with Crippen LogP contribution in [0.25, 0.3) is 0 Å². The van der Waals surface area contributed by atoms with E-state index in [0.717, 1.165) is 17.5 Å². The van der Waals surface area contributed by atoms with E-state index >= 15 is 0 Å². The lowest BCUT2D eigenvalue weighted by atomic mass is 10.3. The minimum atomic E-state index is -4.21. The summed E-state index contributed by atoms with van der Waals surface area (Å²) in [4.78, 5) is 11.4. The van der Waals surface area contributed by atoms with Crippen LogP contribution in [0.3, 0.4) is 0 Å². The Morgan fingerprint density at radius 3 is 2.48 bits per heavy atom. The predicted molar refractivity (Wildman–Crippen MR) is 93.6 cm³/mol. The molecule has 0 bridgehead atoms. The van der Waals surface area contributed by atoms with Gasteiger partial charge in [-0.1, -0.05) is 22.0 Å². The number of esters is 1. The normalized spacial score (nSPS) is 11.0. The molecule has 0 unspecified atom stereocenters. The van der Waals surface area contributed by atoms with E-state index in [9.17, 15) is 17.6 Å². The SMILES string of the molecule is COC(=O)CN(c1cccc(Br)c1)S(=O)(=O)c1ccc(OC)c(F)c1. The standard InChI is InChI=1S/C16H15BrFNO5S/c1-23-15-7-6-13(9-14(15)18)25(21,22)19(10-16(20)24-2)12-5-3-4-11(17)8-12/h3-9H,10H2,1-2H3. The molecule has 0 spiro atoms. The molecule has 6 nitrogen and oxygen atoms in total. The topological polar surface area (TPSA) is 72.9 Å². The monoisotopic (exact) mass is 431 g/mol. The van der Waals surface area contributed by atoms with Gasteiger partial charge < -0.3 is 9.47 Å². The van der Waals surface area contributed by atoms with Crippen LogP contribution in [0.1, 0.15) is 0 Å². The molecular weight excluding hydrogens is 417 g/mol. The maximum absolute atomic E-state index is 13.9. The van der Waals surface area contributed by atoms with Crippen molar-refractivity contribution < 1.29 is 27.1 Å². The Balaban J connectivity index is 2.55. The molecule has 0 aromatic heterocycles. The van der Waals surface area contributed by atoms with Gasteiger partial charge in [0.2, 0.25) is 0 Å². The maximum Gasteiger partial charge on any atom is 0.326 e. The van der Waals surface area contributed by atoms with Gasteiger partial charge in [0.25, 0.3) is 10.0 Å². The molecule has 0 fully saturated rings. The van der Waals surface area contributed by atoms with E-state index in [4.69, 9.17) is 4.74 Å². The van der Waals surface area contributed by atoms with Gasteiger partial charge in [-0.3, -0.25) is 9.10 Å². The number of halogens is 2. The Labute approximate surface area is 153 Å². The second-order valence-electron chi connectivity index (χ2n) is 4.86. The number of sulfonamides is 1. The number of carbonyl (C=O) groups excluding carboxylic acids is 1. The first kappa shape index (κ1) is 19.2. The second-order valence-corrected chi connectivity index (χ2v) is 7.64. The van der Waals surface area contributed by atoms with Gasteiger partial charge in [-0.2, -0.15) is 0 Å². The van der Waals surface area contributed by atoms with Crippen LogP contribution >= 0.6 is 15.9 Å². The van der Waals surface area contributed by atoms with Crippen molar-refractivity contribution in [3.8, 4) is 5.75 Å². The molecule has 25 heavy (non-hydrogen) atoms. The Morgan fingerprint density at radius 1 is 1.20 bits per heavy atom. The highest BCUT2D eigenvalue weighted by atomic mass is 79.9. The first-order chi connectivity index (χ1) is 11.8. The fraction of sp³-hybridized carbons (Fsp3) is 0.188. The van der Waals surface area contributed by atoms with Crippen LogP contribution in [0.4, 0.5) is 10.1 Å². The third kappa shape index (κ3) is 4.29. The Morgan fingerprint density at radius 2 is 1.92 bits per heavy atom. The van der Waals surface area contributed by atoms with Gasteiger partial charge in [0.1, 0.15) is 6.54 Å². The van der Waals surface area contributed by atoms with Gasteiger partial charge in [0.05, 0.1) is 24.8 Å². The number of nitrogens with zero attached hydrogens (tertiary/aromatic N) is 1. The fourth-order valence-electron chi connectivity index (χ4n) is 2.06. The highest BCUT2D eigenvalue weighted by molar-refractivity contribution is 9.10. The van der Waals surface area contributed by atoms with Gasteiger partial charge in [-0.25, -0.2) is 12.8 Å². The summed E-state index contributed by atoms with van der Waals surface area (Å²) >= 11 is 3.25. The number of rotatable bonds is 6. The molecule has 2 aromatic carbocycles. The summed E-state index contributed by atoms with van der Waals surface area (Å²) in [6, 6.07) is 9.63. The van der Waals surface area contributed by atoms with E-state index < -0.39 is 28.4 Å². The lowest BCUT2D eigenvalue weighted by molar-refractivity contribution is -0.138. The zero-order valence-corrected chi connectivity index (χ0v) is 15.8. The summed E-state index contributed by atoms with van der Waals surface area (Å²) in [6.07, 6.45) is 0. The highest BCUT2D eigenvalue weighted by Crippen LogP contribution is 2.28. The summed E-state index contributed by atoms with van der Waals surface area (Å²) in [5.41, 5.74) is 0.232. The number of hydrogen-bond donors (Lipinski definition) is 0. The van der Waals surface area contributed by atoms with Crippen LogP contribution in [0.15, 0.2) is 51.8 Å². The van der Waals surface area contributed by atoms with Crippen LogP contribution in [0.2, 0.25) is 0 Å². The third-order valence-corrected chi connectivity index (χ3v) is 5.57. The minimum absolute atomic E-state index is 0.0825. The average Bonchev–Trinajstić information content (AvgIpc) is 2.59. The largest absolute Gasteiger partial charge is 0.494 e. The second kappa shape index (κ2) is 7.83. The van der Waals surface area contributed by atoms with Crippen LogP contribution in [-0.4, -0.2) is 35.2 Å². The van der Waals surface area contributed by atoms with Gasteiger partial charge in [-0.15, -0.1) is 0 Å². The quantitative estimate of drug-likeness (QED) is 0.657. The molecule has 0 heterocycles. The smallest absolute Gasteiger partial charge is 0.326 e. The van der Waals surface area contributed by atoms with Crippen LogP contribution in [-0.2, 0) is 19.6 Å². The average molecular weight is 432 g/mol. The molecular formula is C16H15BrFNO5S. The van der Waals surface area contributed by atoms with Crippen molar-refractivity contribution in [1.29, 1.82) is 0 Å². The van der Waals surface area contributed by atoms with Crippen LogP contribution in [0, 0.1) is 5.82 Å². The molecule has 0 amide bonds. The number of hydrogen-bond acceptors (Lipinski definition) is 5. The molecule has 0 atom stereocenters. The van der Waals surface area contributed by atoms with Gasteiger partial charge >= 0.3 is 5.97 Å². The zero-order chi connectivity index (χ0) is 18.6. The number of benzene rings is 2. The predicted octanol–water partition coefficient (Wildman–Crippen LogP) is 2.97. The van der Waals surface area contributed by atoms with Crippen molar-refractivity contribution in [2.75, 3.05) is 25.1 Å². The summed E-state index contributed by atoms with van der Waals surface area (Å²) in [5, 5.41) is 0. The van der Waals surface area contributed by atoms with Gasteiger partial charge in [0.15, 0.2) is 11.6 Å². The molecule has 0 saturated heterocycles. The summed E-state index contributed by atoms with van der Waals surface area (Å²) in [7, 11) is -1.78. The molecule has 0 aliphatic carbocycles. The van der Waals surface area contributed by atoms with E-state index in [1.165, 1.54) is 31.4 Å². The molecule has 9 heteroatoms. The summed E-state index contributed by atoms with van der Waals surface area (Å²) < 4.78 is 50.7. The van der Waals surface area contributed by atoms with E-state index in [0.29, 0.717) is 4.47 Å². The first-order valence-corrected chi connectivity index (χ1v) is 9.21. The molecule has 0 aliphatic heterocycles. The van der Waals surface area contributed by atoms with E-state index in [-0.39, 0.29) is 16.3 Å². The highest BCUT2D eigenvalue weighted by Gasteiger charge is 2.28. The zero-order valence-electron chi connectivity index (χ0n) is 13.4. The minimum Gasteiger partial charge on any atom is -0.494 e. The van der Waals surface area contributed by atoms with Crippen molar-refractivity contribution in [3.63, 3.8) is 0 Å². The molecule has 2 aromatic rings. The van der Waals surface area contributed by atoms with Crippen molar-refractivity contribution in [3.05, 3.63) is 52.8 Å². The first-order valence-electron chi connectivity index (χ1n) is 6.98. The van der Waals surface area contributed by atoms with Gasteiger partial charge in [-0.05, 0) is 36.4 Å². The number of anilines is 1. The number of ether oxygens (including phenoxy) is 2. The molecule has 2 rings (SSSR count). The molecule has 0 aliphatic rings. The fourth-order valence-corrected chi connectivity index (χ4v) is 3.86. The van der Waals surface area contributed by atoms with E-state index in [1.807, 2.05) is 0 Å². The number of methoxy groups -OCH3 is 2. The maximum atomic E-state index is 13.9. The van der Waals surface area contributed by atoms with Crippen molar-refractivity contribution in [2.24, 2.45) is 0 Å². The van der Waals surface area contributed by atoms with E-state index in [1.54, 1.807) is 12.1 Å². The van der Waals surface area contributed by atoms with Gasteiger partial charge in [0, 0.05) is 4.47 Å². The van der Waals surface area contributed by atoms with Crippen molar-refractivity contribution >= 4 is 37.6 Å². The summed E-state index contributed by atoms with van der Waals surface area (Å²) in [5.74, 6) is -1.66. The summed E-state index contributed by atoms with van der Waals surface area (Å²) in [6.45, 7) is -0.553. The number of carbonyl (C=O) groups is 1. The molecule has 0 radical (unpaired) electrons. The Hall–Kier alpha value is -2.13. The lowest BCUT2D eigenvalue weighted by Gasteiger charge is -2.23. The molecule has 134 valence electrons. The Kier molecular flexibility index (Phi) is 6.02. The van der Waals surface area contributed by atoms with Crippen LogP contribution < -0.4 is 9.04 Å². The molecule has 0 saturated carbocycles. The lowest BCUT2D eigenvalue weighted by Crippen LogP contribution is -2.36. The molecule has 0 N–H and O–H groups in total. The van der Waals surface area contributed by atoms with Crippen molar-refractivity contribution in [1.82, 2.24) is 0 Å². The third-order valence-electron chi connectivity index (χ3n) is 3.31. The van der Waals surface area contributed by atoms with Crippen molar-refractivity contribution in [2.45, 2.75) is 4.90 Å². The van der Waals surface area contributed by atoms with E-state index in [2.05, 4.69) is 20.7 Å². The van der Waals surface area contributed by atoms with Crippen LogP contribution in [0.5, 0.6) is 5.75 Å².